The molecule has 1 rings (SSSR count). The van der Waals surface area contributed by atoms with Gasteiger partial charge in [-0.05, 0) is 19.8 Å². The number of nitrogens with one attached hydrogen (secondary N) is 1. The van der Waals surface area contributed by atoms with Gasteiger partial charge >= 0.3 is 0 Å². The number of aliphatic hydroxyl groups is 1. The highest BCUT2D eigenvalue weighted by atomic mass is 32.2. The number of hydrogen-bond donors (Lipinski definition) is 2. The average Bonchev–Trinajstić information content (AvgIpc) is 2.50. The zero-order valence-corrected chi connectivity index (χ0v) is 12.2. The first kappa shape index (κ1) is 15.1. The van der Waals surface area contributed by atoms with E-state index in [0.29, 0.717) is 11.4 Å². The second kappa shape index (κ2) is 5.38. The molecule has 0 bridgehead atoms. The molecule has 0 aliphatic heterocycles. The van der Waals surface area contributed by atoms with Crippen molar-refractivity contribution in [2.45, 2.75) is 38.7 Å². The van der Waals surface area contributed by atoms with Crippen molar-refractivity contribution in [3.63, 3.8) is 0 Å². The van der Waals surface area contributed by atoms with Gasteiger partial charge in [-0.25, -0.2) is 13.1 Å². The van der Waals surface area contributed by atoms with E-state index >= 15 is 0 Å². The van der Waals surface area contributed by atoms with E-state index in [2.05, 4.69) is 9.82 Å². The van der Waals surface area contributed by atoms with Crippen LogP contribution < -0.4 is 4.72 Å². The summed E-state index contributed by atoms with van der Waals surface area (Å²) in [5.41, 5.74) is 1.04. The van der Waals surface area contributed by atoms with E-state index in [-0.39, 0.29) is 17.4 Å². The number of aryl methyl sites for hydroxylation is 2. The standard InChI is InChI=1S/C11H21N3O3S/c1-7(2)10(15)6-12-18(16,17)11-8(3)13-14(5)9(11)4/h7,10,12,15H,6H2,1-5H3. The average molecular weight is 275 g/mol. The van der Waals surface area contributed by atoms with Gasteiger partial charge in [-0.2, -0.15) is 5.10 Å². The third-order valence-electron chi connectivity index (χ3n) is 2.96. The summed E-state index contributed by atoms with van der Waals surface area (Å²) < 4.78 is 28.2. The Morgan fingerprint density at radius 2 is 1.94 bits per heavy atom. The molecule has 6 nitrogen and oxygen atoms in total. The van der Waals surface area contributed by atoms with Crippen molar-refractivity contribution in [3.8, 4) is 0 Å². The summed E-state index contributed by atoms with van der Waals surface area (Å²) in [5.74, 6) is 0.00351. The minimum absolute atomic E-state index is 0.00351. The molecule has 1 heterocycles. The van der Waals surface area contributed by atoms with E-state index in [1.165, 1.54) is 4.68 Å². The van der Waals surface area contributed by atoms with Gasteiger partial charge < -0.3 is 5.11 Å². The molecule has 0 saturated heterocycles. The van der Waals surface area contributed by atoms with Gasteiger partial charge in [-0.1, -0.05) is 13.8 Å². The SMILES string of the molecule is Cc1nn(C)c(C)c1S(=O)(=O)NCC(O)C(C)C. The van der Waals surface area contributed by atoms with Crippen LogP contribution in [0.3, 0.4) is 0 Å². The minimum atomic E-state index is -3.62. The van der Waals surface area contributed by atoms with Gasteiger partial charge in [0.05, 0.1) is 17.5 Å². The molecule has 7 heteroatoms. The number of hydrogen-bond acceptors (Lipinski definition) is 4. The van der Waals surface area contributed by atoms with Crippen molar-refractivity contribution in [2.75, 3.05) is 6.54 Å². The highest BCUT2D eigenvalue weighted by Crippen LogP contribution is 2.18. The van der Waals surface area contributed by atoms with Crippen LogP contribution >= 0.6 is 0 Å². The molecule has 0 amide bonds. The first-order valence-corrected chi connectivity index (χ1v) is 7.33. The molecule has 0 aliphatic rings. The smallest absolute Gasteiger partial charge is 0.244 e. The molecule has 104 valence electrons. The number of aromatic nitrogens is 2. The summed E-state index contributed by atoms with van der Waals surface area (Å²) in [5, 5.41) is 13.7. The summed E-state index contributed by atoms with van der Waals surface area (Å²) in [6, 6.07) is 0. The molecular formula is C11H21N3O3S. The fourth-order valence-corrected chi connectivity index (χ4v) is 3.13. The van der Waals surface area contributed by atoms with Gasteiger partial charge in [0.2, 0.25) is 10.0 Å². The Balaban J connectivity index is 2.94. The van der Waals surface area contributed by atoms with Crippen LogP contribution in [-0.4, -0.2) is 36.0 Å². The molecule has 0 fully saturated rings. The van der Waals surface area contributed by atoms with Crippen molar-refractivity contribution in [1.82, 2.24) is 14.5 Å². The normalized spacial score (nSPS) is 14.2. The van der Waals surface area contributed by atoms with Gasteiger partial charge in [0.1, 0.15) is 4.90 Å². The highest BCUT2D eigenvalue weighted by Gasteiger charge is 2.24. The largest absolute Gasteiger partial charge is 0.391 e. The van der Waals surface area contributed by atoms with Gasteiger partial charge in [0.15, 0.2) is 0 Å². The van der Waals surface area contributed by atoms with E-state index < -0.39 is 16.1 Å². The fraction of sp³-hybridized carbons (Fsp3) is 0.727. The lowest BCUT2D eigenvalue weighted by molar-refractivity contribution is 0.129. The van der Waals surface area contributed by atoms with Crippen LogP contribution in [-0.2, 0) is 17.1 Å². The van der Waals surface area contributed by atoms with E-state index in [9.17, 15) is 13.5 Å². The van der Waals surface area contributed by atoms with E-state index in [1.54, 1.807) is 20.9 Å². The summed E-state index contributed by atoms with van der Waals surface area (Å²) >= 11 is 0. The maximum absolute atomic E-state index is 12.1. The van der Waals surface area contributed by atoms with Crippen LogP contribution in [0.5, 0.6) is 0 Å². The van der Waals surface area contributed by atoms with Crippen LogP contribution in [0, 0.1) is 19.8 Å². The van der Waals surface area contributed by atoms with E-state index in [0.717, 1.165) is 0 Å². The van der Waals surface area contributed by atoms with Gasteiger partial charge in [0.25, 0.3) is 0 Å². The molecule has 1 aromatic rings. The lowest BCUT2D eigenvalue weighted by atomic mass is 10.1. The Morgan fingerprint density at radius 3 is 2.33 bits per heavy atom. The third-order valence-corrected chi connectivity index (χ3v) is 4.64. The predicted molar refractivity (Wildman–Crippen MR) is 68.7 cm³/mol. The fourth-order valence-electron chi connectivity index (χ4n) is 1.65. The second-order valence-corrected chi connectivity index (χ2v) is 6.49. The van der Waals surface area contributed by atoms with Crippen molar-refractivity contribution < 1.29 is 13.5 Å². The number of sulfonamides is 1. The minimum Gasteiger partial charge on any atom is -0.391 e. The number of aliphatic hydroxyl groups excluding tert-OH is 1. The summed E-state index contributed by atoms with van der Waals surface area (Å²) in [6.45, 7) is 7.03. The predicted octanol–water partition coefficient (Wildman–Crippen LogP) is 0.332. The molecule has 0 spiro atoms. The Morgan fingerprint density at radius 1 is 1.39 bits per heavy atom. The molecule has 18 heavy (non-hydrogen) atoms. The lowest BCUT2D eigenvalue weighted by Gasteiger charge is -2.15. The highest BCUT2D eigenvalue weighted by molar-refractivity contribution is 7.89. The van der Waals surface area contributed by atoms with Gasteiger partial charge in [-0.15, -0.1) is 0 Å². The first-order chi connectivity index (χ1) is 8.16. The molecule has 0 saturated carbocycles. The maximum Gasteiger partial charge on any atom is 0.244 e. The Bertz CT molecular complexity index is 520. The van der Waals surface area contributed by atoms with Gasteiger partial charge in [0, 0.05) is 13.6 Å². The quantitative estimate of drug-likeness (QED) is 0.811. The van der Waals surface area contributed by atoms with Crippen molar-refractivity contribution in [2.24, 2.45) is 13.0 Å². The Hall–Kier alpha value is -0.920. The van der Waals surface area contributed by atoms with Crippen LogP contribution in [0.25, 0.3) is 0 Å². The Labute approximate surface area is 108 Å². The van der Waals surface area contributed by atoms with Crippen LogP contribution in [0.15, 0.2) is 4.90 Å². The van der Waals surface area contributed by atoms with Crippen LogP contribution in [0.4, 0.5) is 0 Å². The van der Waals surface area contributed by atoms with Crippen molar-refractivity contribution in [3.05, 3.63) is 11.4 Å². The molecule has 1 atom stereocenters. The Kier molecular flexibility index (Phi) is 4.52. The molecule has 2 N–H and O–H groups in total. The lowest BCUT2D eigenvalue weighted by Crippen LogP contribution is -2.35. The zero-order valence-electron chi connectivity index (χ0n) is 11.4. The molecule has 0 radical (unpaired) electrons. The van der Waals surface area contributed by atoms with Crippen molar-refractivity contribution >= 4 is 10.0 Å². The van der Waals surface area contributed by atoms with Crippen LogP contribution in [0.1, 0.15) is 25.2 Å². The number of rotatable bonds is 5. The van der Waals surface area contributed by atoms with Gasteiger partial charge in [-0.3, -0.25) is 4.68 Å². The topological polar surface area (TPSA) is 84.2 Å². The monoisotopic (exact) mass is 275 g/mol. The van der Waals surface area contributed by atoms with E-state index in [1.807, 2.05) is 13.8 Å². The van der Waals surface area contributed by atoms with Crippen LogP contribution in [0.2, 0.25) is 0 Å². The maximum atomic E-state index is 12.1. The first-order valence-electron chi connectivity index (χ1n) is 5.84. The molecule has 0 aliphatic carbocycles. The molecule has 0 aromatic carbocycles. The molecule has 1 aromatic heterocycles. The van der Waals surface area contributed by atoms with Crippen molar-refractivity contribution in [1.29, 1.82) is 0 Å². The molecular weight excluding hydrogens is 254 g/mol. The third kappa shape index (κ3) is 3.09. The second-order valence-electron chi connectivity index (χ2n) is 4.79. The molecule has 1 unspecified atom stereocenters. The number of nitrogens with zero attached hydrogens (tertiary/aromatic N) is 2. The summed E-state index contributed by atoms with van der Waals surface area (Å²) in [7, 11) is -1.92. The summed E-state index contributed by atoms with van der Waals surface area (Å²) in [4.78, 5) is 0.195. The summed E-state index contributed by atoms with van der Waals surface area (Å²) in [6.07, 6.45) is -0.697. The zero-order chi connectivity index (χ0) is 14.1. The van der Waals surface area contributed by atoms with E-state index in [4.69, 9.17) is 0 Å².